The van der Waals surface area contributed by atoms with E-state index in [-0.39, 0.29) is 11.8 Å². The summed E-state index contributed by atoms with van der Waals surface area (Å²) in [6.07, 6.45) is 0.0559. The van der Waals surface area contributed by atoms with Gasteiger partial charge in [-0.05, 0) is 41.7 Å². The number of ether oxygens (including phenoxy) is 1. The van der Waals surface area contributed by atoms with Gasteiger partial charge in [0.25, 0.3) is 0 Å². The first kappa shape index (κ1) is 18.6. The average Bonchev–Trinajstić information content (AvgIpc) is 2.94. The fraction of sp³-hybridized carbons (Fsp3) is 0.421. The summed E-state index contributed by atoms with van der Waals surface area (Å²) in [5, 5.41) is 0. The molecule has 2 unspecified atom stereocenters. The molecule has 1 aliphatic rings. The molecule has 1 fully saturated rings. The van der Waals surface area contributed by atoms with Crippen molar-refractivity contribution in [2.45, 2.75) is 32.1 Å². The molecule has 2 heterocycles. The maximum absolute atomic E-state index is 14.1. The average molecular weight is 368 g/mol. The number of hydrogen-bond acceptors (Lipinski definition) is 3. The minimum absolute atomic E-state index is 0.197. The van der Waals surface area contributed by atoms with Crippen molar-refractivity contribution in [2.24, 2.45) is 5.92 Å². The van der Waals surface area contributed by atoms with E-state index in [1.807, 2.05) is 18.3 Å². The zero-order valence-electron chi connectivity index (χ0n) is 14.3. The predicted molar refractivity (Wildman–Crippen MR) is 89.1 cm³/mol. The Morgan fingerprint density at radius 2 is 2.08 bits per heavy atom. The fourth-order valence-corrected chi connectivity index (χ4v) is 3.38. The van der Waals surface area contributed by atoms with Gasteiger partial charge in [-0.25, -0.2) is 4.39 Å². The third-order valence-electron chi connectivity index (χ3n) is 4.46. The molecule has 0 saturated carbocycles. The summed E-state index contributed by atoms with van der Waals surface area (Å²) in [7, 11) is 0. The van der Waals surface area contributed by atoms with Crippen LogP contribution in [0.15, 0.2) is 42.7 Å². The molecule has 140 valence electrons. The van der Waals surface area contributed by atoms with Gasteiger partial charge in [-0.3, -0.25) is 9.88 Å². The van der Waals surface area contributed by atoms with Crippen LogP contribution in [-0.4, -0.2) is 29.2 Å². The Morgan fingerprint density at radius 1 is 1.27 bits per heavy atom. The zero-order chi connectivity index (χ0) is 18.7. The summed E-state index contributed by atoms with van der Waals surface area (Å²) < 4.78 is 55.2. The minimum Gasteiger partial charge on any atom is -0.481 e. The Hall–Kier alpha value is -2.15. The van der Waals surface area contributed by atoms with Gasteiger partial charge in [0.2, 0.25) is 0 Å². The molecule has 0 aliphatic carbocycles. The quantitative estimate of drug-likeness (QED) is 0.713. The van der Waals surface area contributed by atoms with Crippen LogP contribution in [-0.2, 0) is 6.54 Å². The number of likely N-dealkylation sites (tertiary alicyclic amines) is 1. The van der Waals surface area contributed by atoms with Gasteiger partial charge in [0.05, 0.1) is 0 Å². The number of nitrogens with zero attached hydrogens (tertiary/aromatic N) is 2. The molecule has 1 aromatic heterocycles. The van der Waals surface area contributed by atoms with Crippen LogP contribution in [0.2, 0.25) is 0 Å². The minimum atomic E-state index is -4.49. The maximum Gasteiger partial charge on any atom is 0.422 e. The molecule has 2 aromatic rings. The number of halogens is 4. The predicted octanol–water partition coefficient (Wildman–Crippen LogP) is 4.74. The van der Waals surface area contributed by atoms with Gasteiger partial charge < -0.3 is 4.74 Å². The lowest BCUT2D eigenvalue weighted by atomic mass is 10.0. The van der Waals surface area contributed by atoms with E-state index < -0.39 is 18.6 Å². The van der Waals surface area contributed by atoms with E-state index in [1.165, 1.54) is 12.1 Å². The van der Waals surface area contributed by atoms with Crippen LogP contribution in [0.5, 0.6) is 5.75 Å². The van der Waals surface area contributed by atoms with Crippen LogP contribution in [0.4, 0.5) is 17.6 Å². The molecular formula is C19H20F4N2O. The summed E-state index contributed by atoms with van der Waals surface area (Å²) in [6, 6.07) is 8.23. The SMILES string of the molecule is CC1CC(c2cccnc2)N(Cc2ccc(OCC(F)(F)F)c(F)c2)C1. The van der Waals surface area contributed by atoms with Gasteiger partial charge in [0.1, 0.15) is 0 Å². The van der Waals surface area contributed by atoms with Crippen molar-refractivity contribution in [3.05, 3.63) is 59.7 Å². The normalized spacial score (nSPS) is 21.1. The molecule has 26 heavy (non-hydrogen) atoms. The van der Waals surface area contributed by atoms with Crippen LogP contribution >= 0.6 is 0 Å². The number of hydrogen-bond donors (Lipinski definition) is 0. The molecule has 0 spiro atoms. The summed E-state index contributed by atoms with van der Waals surface area (Å²) in [5.41, 5.74) is 1.81. The molecule has 3 rings (SSSR count). The molecule has 1 saturated heterocycles. The lowest BCUT2D eigenvalue weighted by molar-refractivity contribution is -0.153. The van der Waals surface area contributed by atoms with Crippen molar-refractivity contribution >= 4 is 0 Å². The van der Waals surface area contributed by atoms with Gasteiger partial charge in [0.15, 0.2) is 18.2 Å². The van der Waals surface area contributed by atoms with Crippen LogP contribution in [0, 0.1) is 11.7 Å². The van der Waals surface area contributed by atoms with Gasteiger partial charge >= 0.3 is 6.18 Å². The second kappa shape index (κ2) is 7.61. The summed E-state index contributed by atoms with van der Waals surface area (Å²) >= 11 is 0. The van der Waals surface area contributed by atoms with E-state index in [0.29, 0.717) is 18.0 Å². The third kappa shape index (κ3) is 4.72. The van der Waals surface area contributed by atoms with E-state index in [2.05, 4.69) is 21.5 Å². The topological polar surface area (TPSA) is 25.4 Å². The van der Waals surface area contributed by atoms with Gasteiger partial charge in [-0.2, -0.15) is 13.2 Å². The Labute approximate surface area is 149 Å². The molecule has 1 aromatic carbocycles. The van der Waals surface area contributed by atoms with Crippen LogP contribution < -0.4 is 4.74 Å². The number of benzene rings is 1. The second-order valence-corrected chi connectivity index (χ2v) is 6.74. The number of aromatic nitrogens is 1. The first-order valence-corrected chi connectivity index (χ1v) is 8.44. The van der Waals surface area contributed by atoms with E-state index in [0.717, 1.165) is 18.5 Å². The molecule has 0 N–H and O–H groups in total. The Kier molecular flexibility index (Phi) is 5.46. The Bertz CT molecular complexity index is 736. The highest BCUT2D eigenvalue weighted by Gasteiger charge is 2.31. The Morgan fingerprint density at radius 3 is 2.73 bits per heavy atom. The van der Waals surface area contributed by atoms with Gasteiger partial charge in [0, 0.05) is 31.5 Å². The van der Waals surface area contributed by atoms with E-state index >= 15 is 0 Å². The van der Waals surface area contributed by atoms with Crippen molar-refractivity contribution in [1.82, 2.24) is 9.88 Å². The summed E-state index contributed by atoms with van der Waals surface area (Å²) in [4.78, 5) is 6.41. The third-order valence-corrected chi connectivity index (χ3v) is 4.46. The fourth-order valence-electron chi connectivity index (χ4n) is 3.38. The lowest BCUT2D eigenvalue weighted by Gasteiger charge is -2.24. The standard InChI is InChI=1S/C19H20F4N2O/c1-13-7-17(15-3-2-6-24-9-15)25(10-13)11-14-4-5-18(16(20)8-14)26-12-19(21,22)23/h2-6,8-9,13,17H,7,10-12H2,1H3. The number of pyridine rings is 1. The highest BCUT2D eigenvalue weighted by atomic mass is 19.4. The van der Waals surface area contributed by atoms with Crippen molar-refractivity contribution in [2.75, 3.05) is 13.2 Å². The molecule has 0 amide bonds. The smallest absolute Gasteiger partial charge is 0.422 e. The lowest BCUT2D eigenvalue weighted by Crippen LogP contribution is -2.23. The monoisotopic (exact) mass is 368 g/mol. The zero-order valence-corrected chi connectivity index (χ0v) is 14.3. The van der Waals surface area contributed by atoms with E-state index in [1.54, 1.807) is 12.3 Å². The second-order valence-electron chi connectivity index (χ2n) is 6.74. The first-order valence-electron chi connectivity index (χ1n) is 8.44. The van der Waals surface area contributed by atoms with Crippen molar-refractivity contribution in [3.63, 3.8) is 0 Å². The van der Waals surface area contributed by atoms with Gasteiger partial charge in [-0.1, -0.05) is 19.1 Å². The molecule has 0 radical (unpaired) electrons. The number of alkyl halides is 3. The largest absolute Gasteiger partial charge is 0.481 e. The molecular weight excluding hydrogens is 348 g/mol. The van der Waals surface area contributed by atoms with Crippen LogP contribution in [0.1, 0.15) is 30.5 Å². The molecule has 7 heteroatoms. The maximum atomic E-state index is 14.1. The molecule has 0 bridgehead atoms. The summed E-state index contributed by atoms with van der Waals surface area (Å²) in [5.74, 6) is -0.666. The first-order chi connectivity index (χ1) is 12.3. The van der Waals surface area contributed by atoms with Crippen molar-refractivity contribution in [1.29, 1.82) is 0 Å². The number of rotatable bonds is 5. The van der Waals surface area contributed by atoms with E-state index in [4.69, 9.17) is 0 Å². The van der Waals surface area contributed by atoms with E-state index in [9.17, 15) is 17.6 Å². The Balaban J connectivity index is 1.70. The van der Waals surface area contributed by atoms with Crippen LogP contribution in [0.3, 0.4) is 0 Å². The van der Waals surface area contributed by atoms with Gasteiger partial charge in [-0.15, -0.1) is 0 Å². The molecule has 3 nitrogen and oxygen atoms in total. The summed E-state index contributed by atoms with van der Waals surface area (Å²) in [6.45, 7) is 2.04. The van der Waals surface area contributed by atoms with Crippen molar-refractivity contribution < 1.29 is 22.3 Å². The van der Waals surface area contributed by atoms with Crippen molar-refractivity contribution in [3.8, 4) is 5.75 Å². The van der Waals surface area contributed by atoms with Crippen LogP contribution in [0.25, 0.3) is 0 Å². The molecule has 2 atom stereocenters. The molecule has 1 aliphatic heterocycles. The highest BCUT2D eigenvalue weighted by Crippen LogP contribution is 2.36. The highest BCUT2D eigenvalue weighted by molar-refractivity contribution is 5.30.